The molecule has 3 rings (SSSR count). The van der Waals surface area contributed by atoms with Crippen molar-refractivity contribution in [3.05, 3.63) is 53.2 Å². The minimum absolute atomic E-state index is 0.0696. The summed E-state index contributed by atoms with van der Waals surface area (Å²) in [4.78, 5) is 29.3. The maximum atomic E-state index is 12.1. The Morgan fingerprint density at radius 3 is 2.28 bits per heavy atom. The van der Waals surface area contributed by atoms with Crippen molar-refractivity contribution in [1.29, 1.82) is 0 Å². The van der Waals surface area contributed by atoms with Crippen molar-refractivity contribution in [2.75, 3.05) is 0 Å². The van der Waals surface area contributed by atoms with Gasteiger partial charge in [0.25, 0.3) is 11.8 Å². The second kappa shape index (κ2) is 3.80. The molecule has 1 aliphatic rings. The molecule has 0 unspecified atom stereocenters. The van der Waals surface area contributed by atoms with Crippen LogP contribution in [0.1, 0.15) is 32.4 Å². The van der Waals surface area contributed by atoms with Crippen LogP contribution >= 0.6 is 0 Å². The quantitative estimate of drug-likeness (QED) is 0.753. The van der Waals surface area contributed by atoms with Crippen LogP contribution in [0.5, 0.6) is 0 Å². The number of amides is 2. The molecule has 90 valence electrons. The predicted molar refractivity (Wildman–Crippen MR) is 61.9 cm³/mol. The molecule has 2 aromatic rings. The van der Waals surface area contributed by atoms with Crippen molar-refractivity contribution in [3.63, 3.8) is 0 Å². The Hall–Kier alpha value is -2.43. The number of aryl methyl sites for hydroxylation is 1. The number of carbonyl (C=O) groups excluding carboxylic acids is 2. The van der Waals surface area contributed by atoms with Gasteiger partial charge in [0.05, 0.1) is 17.3 Å². The first-order chi connectivity index (χ1) is 8.66. The molecule has 1 aromatic carbocycles. The van der Waals surface area contributed by atoms with E-state index in [1.165, 1.54) is 0 Å². The molecule has 0 spiro atoms. The Bertz CT molecular complexity index is 610. The molecule has 0 bridgehead atoms. The first-order valence-corrected chi connectivity index (χ1v) is 5.53. The number of fused-ring (bicyclic) bond motifs is 1. The third-order valence-electron chi connectivity index (χ3n) is 2.84. The number of hydrogen-bond donors (Lipinski definition) is 0. The summed E-state index contributed by atoms with van der Waals surface area (Å²) >= 11 is 0. The van der Waals surface area contributed by atoms with Crippen LogP contribution in [0.15, 0.2) is 34.9 Å². The highest BCUT2D eigenvalue weighted by Crippen LogP contribution is 2.23. The molecule has 2 heterocycles. The number of carbonyl (C=O) groups is 2. The summed E-state index contributed by atoms with van der Waals surface area (Å²) in [7, 11) is 0. The second-order valence-electron chi connectivity index (χ2n) is 4.11. The fraction of sp³-hybridized carbons (Fsp3) is 0.154. The highest BCUT2D eigenvalue weighted by atomic mass is 16.4. The molecule has 1 aliphatic heterocycles. The van der Waals surface area contributed by atoms with Crippen molar-refractivity contribution in [2.45, 2.75) is 13.5 Å². The normalized spacial score (nSPS) is 14.2. The molecule has 1 aromatic heterocycles. The molecule has 0 radical (unpaired) electrons. The van der Waals surface area contributed by atoms with Gasteiger partial charge in [0.1, 0.15) is 12.3 Å². The third kappa shape index (κ3) is 1.52. The lowest BCUT2D eigenvalue weighted by molar-refractivity contribution is 0.0628. The SMILES string of the molecule is Cc1cnc(CN2C(=O)c3ccccc3C2=O)o1. The molecule has 2 amide bonds. The van der Waals surface area contributed by atoms with Gasteiger partial charge in [0, 0.05) is 0 Å². The van der Waals surface area contributed by atoms with E-state index in [-0.39, 0.29) is 18.4 Å². The summed E-state index contributed by atoms with van der Waals surface area (Å²) in [6, 6.07) is 6.78. The van der Waals surface area contributed by atoms with Crippen molar-refractivity contribution in [1.82, 2.24) is 9.88 Å². The van der Waals surface area contributed by atoms with Gasteiger partial charge in [0.15, 0.2) is 0 Å². The highest BCUT2D eigenvalue weighted by molar-refractivity contribution is 6.21. The first-order valence-electron chi connectivity index (χ1n) is 5.53. The predicted octanol–water partition coefficient (Wildman–Crippen LogP) is 1.78. The summed E-state index contributed by atoms with van der Waals surface area (Å²) in [5, 5.41) is 0. The Kier molecular flexibility index (Phi) is 2.26. The Morgan fingerprint density at radius 2 is 1.78 bits per heavy atom. The second-order valence-corrected chi connectivity index (χ2v) is 4.11. The number of benzene rings is 1. The van der Waals surface area contributed by atoms with Gasteiger partial charge in [-0.3, -0.25) is 14.5 Å². The molecular formula is C13H10N2O3. The number of hydrogen-bond acceptors (Lipinski definition) is 4. The monoisotopic (exact) mass is 242 g/mol. The lowest BCUT2D eigenvalue weighted by Crippen LogP contribution is -2.29. The van der Waals surface area contributed by atoms with Crippen LogP contribution in [-0.2, 0) is 6.54 Å². The number of nitrogens with zero attached hydrogens (tertiary/aromatic N) is 2. The lowest BCUT2D eigenvalue weighted by Gasteiger charge is -2.10. The van der Waals surface area contributed by atoms with Gasteiger partial charge in [-0.15, -0.1) is 0 Å². The van der Waals surface area contributed by atoms with Crippen LogP contribution in [0, 0.1) is 6.92 Å². The average Bonchev–Trinajstić information content (AvgIpc) is 2.88. The van der Waals surface area contributed by atoms with E-state index in [1.54, 1.807) is 37.4 Å². The van der Waals surface area contributed by atoms with Gasteiger partial charge in [-0.05, 0) is 19.1 Å². The smallest absolute Gasteiger partial charge is 0.262 e. The van der Waals surface area contributed by atoms with E-state index >= 15 is 0 Å². The maximum absolute atomic E-state index is 12.1. The van der Waals surface area contributed by atoms with Crippen molar-refractivity contribution < 1.29 is 14.0 Å². The van der Waals surface area contributed by atoms with Crippen molar-refractivity contribution in [3.8, 4) is 0 Å². The summed E-state index contributed by atoms with van der Waals surface area (Å²) in [6.45, 7) is 1.83. The van der Waals surface area contributed by atoms with Crippen LogP contribution in [0.4, 0.5) is 0 Å². The molecule has 5 nitrogen and oxygen atoms in total. The average molecular weight is 242 g/mol. The lowest BCUT2D eigenvalue weighted by atomic mass is 10.1. The largest absolute Gasteiger partial charge is 0.444 e. The third-order valence-corrected chi connectivity index (χ3v) is 2.84. The van der Waals surface area contributed by atoms with Crippen molar-refractivity contribution in [2.24, 2.45) is 0 Å². The summed E-state index contributed by atoms with van der Waals surface area (Å²) in [6.07, 6.45) is 1.56. The molecule has 18 heavy (non-hydrogen) atoms. The van der Waals surface area contributed by atoms with Gasteiger partial charge >= 0.3 is 0 Å². The van der Waals surface area contributed by atoms with E-state index in [4.69, 9.17) is 4.42 Å². The minimum atomic E-state index is -0.300. The molecule has 0 saturated heterocycles. The van der Waals surface area contributed by atoms with E-state index in [0.717, 1.165) is 4.90 Å². The number of oxazole rings is 1. The Labute approximate surface area is 103 Å². The van der Waals surface area contributed by atoms with Gasteiger partial charge in [-0.2, -0.15) is 0 Å². The molecule has 0 N–H and O–H groups in total. The summed E-state index contributed by atoms with van der Waals surface area (Å²) in [5.74, 6) is 0.418. The fourth-order valence-electron chi connectivity index (χ4n) is 1.99. The Balaban J connectivity index is 1.92. The van der Waals surface area contributed by atoms with Gasteiger partial charge in [-0.1, -0.05) is 12.1 Å². The zero-order valence-corrected chi connectivity index (χ0v) is 9.71. The first kappa shape index (κ1) is 10.7. The van der Waals surface area contributed by atoms with Gasteiger partial charge in [-0.25, -0.2) is 4.98 Å². The molecular weight excluding hydrogens is 232 g/mol. The minimum Gasteiger partial charge on any atom is -0.444 e. The summed E-state index contributed by atoms with van der Waals surface area (Å²) < 4.78 is 5.28. The van der Waals surface area contributed by atoms with Gasteiger partial charge < -0.3 is 4.42 Å². The summed E-state index contributed by atoms with van der Waals surface area (Å²) in [5.41, 5.74) is 0.872. The number of rotatable bonds is 2. The zero-order valence-electron chi connectivity index (χ0n) is 9.71. The molecule has 0 fully saturated rings. The van der Waals surface area contributed by atoms with E-state index in [0.29, 0.717) is 22.8 Å². The molecule has 0 atom stereocenters. The number of imide groups is 1. The Morgan fingerprint density at radius 1 is 1.17 bits per heavy atom. The molecule has 0 saturated carbocycles. The van der Waals surface area contributed by atoms with Crippen LogP contribution in [0.25, 0.3) is 0 Å². The molecule has 0 aliphatic carbocycles. The van der Waals surface area contributed by atoms with Crippen LogP contribution in [-0.4, -0.2) is 21.7 Å². The zero-order chi connectivity index (χ0) is 12.7. The van der Waals surface area contributed by atoms with Crippen LogP contribution in [0.3, 0.4) is 0 Å². The highest BCUT2D eigenvalue weighted by Gasteiger charge is 2.35. The standard InChI is InChI=1S/C13H10N2O3/c1-8-6-14-11(18-8)7-15-12(16)9-4-2-3-5-10(9)13(15)17/h2-6H,7H2,1H3. The van der Waals surface area contributed by atoms with Crippen molar-refractivity contribution >= 4 is 11.8 Å². The van der Waals surface area contributed by atoms with E-state index in [1.807, 2.05) is 0 Å². The maximum Gasteiger partial charge on any atom is 0.262 e. The van der Waals surface area contributed by atoms with Gasteiger partial charge in [0.2, 0.25) is 5.89 Å². The van der Waals surface area contributed by atoms with Crippen LogP contribution < -0.4 is 0 Å². The van der Waals surface area contributed by atoms with E-state index in [2.05, 4.69) is 4.98 Å². The fourth-order valence-corrected chi connectivity index (χ4v) is 1.99. The molecule has 5 heteroatoms. The van der Waals surface area contributed by atoms with E-state index < -0.39 is 0 Å². The topological polar surface area (TPSA) is 63.4 Å². The van der Waals surface area contributed by atoms with Crippen LogP contribution in [0.2, 0.25) is 0 Å². The van der Waals surface area contributed by atoms with E-state index in [9.17, 15) is 9.59 Å². The number of aromatic nitrogens is 1.